The van der Waals surface area contributed by atoms with Crippen LogP contribution in [0.4, 0.5) is 13.2 Å². The third-order valence-electron chi connectivity index (χ3n) is 7.80. The first-order valence-corrected chi connectivity index (χ1v) is 13.9. The molecule has 0 atom stereocenters. The zero-order chi connectivity index (χ0) is 26.2. The first-order valence-electron chi connectivity index (χ1n) is 13.9. The van der Waals surface area contributed by atoms with E-state index in [0.29, 0.717) is 47.8 Å². The van der Waals surface area contributed by atoms with Crippen LogP contribution in [0.1, 0.15) is 87.8 Å². The Morgan fingerprint density at radius 1 is 0.784 bits per heavy atom. The van der Waals surface area contributed by atoms with Crippen molar-refractivity contribution in [2.45, 2.75) is 84.0 Å². The van der Waals surface area contributed by atoms with E-state index in [0.717, 1.165) is 49.7 Å². The van der Waals surface area contributed by atoms with E-state index >= 15 is 0 Å². The molecule has 198 valence electrons. The number of halogens is 3. The Labute approximate surface area is 220 Å². The average molecular weight is 509 g/mol. The van der Waals surface area contributed by atoms with Crippen LogP contribution >= 0.6 is 0 Å². The lowest BCUT2D eigenvalue weighted by molar-refractivity contribution is 0.303. The number of benzene rings is 3. The van der Waals surface area contributed by atoms with Crippen LogP contribution in [0.3, 0.4) is 0 Å². The van der Waals surface area contributed by atoms with Gasteiger partial charge in [0.15, 0.2) is 11.6 Å². The first-order chi connectivity index (χ1) is 18.0. The van der Waals surface area contributed by atoms with Gasteiger partial charge in [-0.3, -0.25) is 0 Å². The highest BCUT2D eigenvalue weighted by Gasteiger charge is 2.24. The lowest BCUT2D eigenvalue weighted by atomic mass is 9.79. The van der Waals surface area contributed by atoms with Crippen molar-refractivity contribution in [2.24, 2.45) is 5.92 Å². The van der Waals surface area contributed by atoms with Crippen molar-refractivity contribution in [3.8, 4) is 16.9 Å². The van der Waals surface area contributed by atoms with Crippen molar-refractivity contribution >= 4 is 0 Å². The predicted molar refractivity (Wildman–Crippen MR) is 146 cm³/mol. The quantitative estimate of drug-likeness (QED) is 0.234. The summed E-state index contributed by atoms with van der Waals surface area (Å²) in [5, 5.41) is 0. The number of rotatable bonds is 11. The highest BCUT2D eigenvalue weighted by Crippen LogP contribution is 2.37. The average Bonchev–Trinajstić information content (AvgIpc) is 2.91. The Balaban J connectivity index is 1.34. The molecule has 0 saturated heterocycles. The molecule has 3 aromatic carbocycles. The molecule has 0 spiro atoms. The lowest BCUT2D eigenvalue weighted by Gasteiger charge is -2.27. The lowest BCUT2D eigenvalue weighted by Crippen LogP contribution is -2.13. The molecule has 37 heavy (non-hydrogen) atoms. The number of unbranched alkanes of at least 4 members (excludes halogenated alkanes) is 3. The molecule has 4 rings (SSSR count). The Morgan fingerprint density at radius 2 is 1.54 bits per heavy atom. The molecule has 1 aliphatic rings. The van der Waals surface area contributed by atoms with Crippen molar-refractivity contribution in [3.05, 3.63) is 88.7 Å². The van der Waals surface area contributed by atoms with E-state index in [1.54, 1.807) is 24.3 Å². The molecule has 0 aromatic heterocycles. The molecule has 0 aliphatic heterocycles. The summed E-state index contributed by atoms with van der Waals surface area (Å²) in [6.45, 7) is 4.99. The second kappa shape index (κ2) is 13.2. The van der Waals surface area contributed by atoms with E-state index in [1.165, 1.54) is 18.9 Å². The van der Waals surface area contributed by atoms with Gasteiger partial charge >= 0.3 is 0 Å². The second-order valence-corrected chi connectivity index (χ2v) is 10.6. The van der Waals surface area contributed by atoms with Crippen molar-refractivity contribution < 1.29 is 17.9 Å². The monoisotopic (exact) mass is 508 g/mol. The third-order valence-corrected chi connectivity index (χ3v) is 7.80. The van der Waals surface area contributed by atoms with E-state index in [-0.39, 0.29) is 11.7 Å². The van der Waals surface area contributed by atoms with E-state index in [4.69, 9.17) is 4.74 Å². The SMILES string of the molecule is CCCCCCOc1ccc(-c2ccc(CCc3ccc(C4CCC(C)CC4)c(F)c3F)cc2)c(F)c1. The zero-order valence-corrected chi connectivity index (χ0v) is 22.2. The van der Waals surface area contributed by atoms with Crippen LogP contribution in [0.5, 0.6) is 5.75 Å². The van der Waals surface area contributed by atoms with Gasteiger partial charge in [0.1, 0.15) is 11.6 Å². The molecule has 0 radical (unpaired) electrons. The Bertz CT molecular complexity index is 1150. The van der Waals surface area contributed by atoms with Crippen molar-refractivity contribution in [2.75, 3.05) is 6.61 Å². The van der Waals surface area contributed by atoms with E-state index in [2.05, 4.69) is 13.8 Å². The van der Waals surface area contributed by atoms with Gasteiger partial charge < -0.3 is 4.74 Å². The summed E-state index contributed by atoms with van der Waals surface area (Å²) < 4.78 is 50.2. The van der Waals surface area contributed by atoms with Gasteiger partial charge in [0.05, 0.1) is 6.61 Å². The highest BCUT2D eigenvalue weighted by atomic mass is 19.2. The van der Waals surface area contributed by atoms with Crippen LogP contribution in [-0.2, 0) is 12.8 Å². The van der Waals surface area contributed by atoms with Crippen LogP contribution in [0.2, 0.25) is 0 Å². The van der Waals surface area contributed by atoms with Crippen molar-refractivity contribution in [1.82, 2.24) is 0 Å². The summed E-state index contributed by atoms with van der Waals surface area (Å²) >= 11 is 0. The maximum Gasteiger partial charge on any atom is 0.162 e. The molecule has 0 N–H and O–H groups in total. The molecule has 1 aliphatic carbocycles. The van der Waals surface area contributed by atoms with Gasteiger partial charge in [0.2, 0.25) is 0 Å². The molecule has 0 heterocycles. The van der Waals surface area contributed by atoms with Gasteiger partial charge in [0, 0.05) is 11.6 Å². The minimum atomic E-state index is -0.706. The molecule has 1 fully saturated rings. The van der Waals surface area contributed by atoms with E-state index in [1.807, 2.05) is 24.3 Å². The van der Waals surface area contributed by atoms with Gasteiger partial charge in [-0.2, -0.15) is 0 Å². The van der Waals surface area contributed by atoms with Crippen LogP contribution in [-0.4, -0.2) is 6.61 Å². The van der Waals surface area contributed by atoms with Gasteiger partial charge in [-0.05, 0) is 78.3 Å². The Hall–Kier alpha value is -2.75. The zero-order valence-electron chi connectivity index (χ0n) is 22.2. The van der Waals surface area contributed by atoms with Crippen LogP contribution < -0.4 is 4.74 Å². The van der Waals surface area contributed by atoms with E-state index < -0.39 is 11.6 Å². The molecule has 1 nitrogen and oxygen atoms in total. The van der Waals surface area contributed by atoms with Crippen molar-refractivity contribution in [1.29, 1.82) is 0 Å². The first kappa shape index (κ1) is 27.3. The fourth-order valence-electron chi connectivity index (χ4n) is 5.35. The molecule has 3 aromatic rings. The Kier molecular flexibility index (Phi) is 9.71. The van der Waals surface area contributed by atoms with Gasteiger partial charge in [0.25, 0.3) is 0 Å². The van der Waals surface area contributed by atoms with Crippen LogP contribution in [0.15, 0.2) is 54.6 Å². The molecular formula is C33H39F3O. The molecule has 0 unspecified atom stereocenters. The summed E-state index contributed by atoms with van der Waals surface area (Å²) in [6, 6.07) is 16.2. The maximum absolute atomic E-state index is 14.9. The summed E-state index contributed by atoms with van der Waals surface area (Å²) in [4.78, 5) is 0. The van der Waals surface area contributed by atoms with Gasteiger partial charge in [-0.25, -0.2) is 13.2 Å². The third kappa shape index (κ3) is 7.18. The largest absolute Gasteiger partial charge is 0.493 e. The van der Waals surface area contributed by atoms with Gasteiger partial charge in [-0.15, -0.1) is 0 Å². The molecule has 0 bridgehead atoms. The minimum Gasteiger partial charge on any atom is -0.493 e. The fourth-order valence-corrected chi connectivity index (χ4v) is 5.35. The van der Waals surface area contributed by atoms with Crippen LogP contribution in [0.25, 0.3) is 11.1 Å². The Morgan fingerprint density at radius 3 is 2.24 bits per heavy atom. The molecule has 1 saturated carbocycles. The summed E-state index contributed by atoms with van der Waals surface area (Å²) in [6.07, 6.45) is 9.46. The summed E-state index contributed by atoms with van der Waals surface area (Å²) in [5.74, 6) is -0.348. The normalized spacial score (nSPS) is 17.6. The standard InChI is InChI=1S/C33H39F3O/c1-3-4-5-6-21-37-28-18-20-29(31(34)22-28)25-14-9-24(10-15-25)11-16-27-17-19-30(33(36)32(27)35)26-12-7-23(2)8-13-26/h9-10,14-15,17-20,22-23,26H,3-8,11-13,16,21H2,1-2H3. The number of hydrogen-bond donors (Lipinski definition) is 0. The molecule has 0 amide bonds. The number of aryl methyl sites for hydroxylation is 2. The fraction of sp³-hybridized carbons (Fsp3) is 0.455. The maximum atomic E-state index is 14.9. The number of ether oxygens (including phenoxy) is 1. The van der Waals surface area contributed by atoms with Gasteiger partial charge in [-0.1, -0.05) is 82.3 Å². The minimum absolute atomic E-state index is 0.124. The summed E-state index contributed by atoms with van der Waals surface area (Å²) in [5.41, 5.74) is 3.24. The molecular weight excluding hydrogens is 469 g/mol. The second-order valence-electron chi connectivity index (χ2n) is 10.6. The highest BCUT2D eigenvalue weighted by molar-refractivity contribution is 5.65. The smallest absolute Gasteiger partial charge is 0.162 e. The summed E-state index contributed by atoms with van der Waals surface area (Å²) in [7, 11) is 0. The predicted octanol–water partition coefficient (Wildman–Crippen LogP) is 9.81. The van der Waals surface area contributed by atoms with E-state index in [9.17, 15) is 13.2 Å². The van der Waals surface area contributed by atoms with Crippen LogP contribution in [0, 0.1) is 23.4 Å². The van der Waals surface area contributed by atoms with Crippen molar-refractivity contribution in [3.63, 3.8) is 0 Å². The number of hydrogen-bond acceptors (Lipinski definition) is 1. The topological polar surface area (TPSA) is 9.23 Å². The molecule has 4 heteroatoms.